The van der Waals surface area contributed by atoms with Gasteiger partial charge in [-0.15, -0.1) is 0 Å². The quantitative estimate of drug-likeness (QED) is 0.176. The highest BCUT2D eigenvalue weighted by Crippen LogP contribution is 2.43. The molecular weight excluding hydrogens is 707 g/mol. The van der Waals surface area contributed by atoms with Crippen molar-refractivity contribution < 1.29 is 0 Å². The van der Waals surface area contributed by atoms with E-state index >= 15 is 0 Å². The Balaban J connectivity index is 1.07. The van der Waals surface area contributed by atoms with Gasteiger partial charge in [0.15, 0.2) is 0 Å². The van der Waals surface area contributed by atoms with E-state index in [0.717, 1.165) is 62.5 Å². The minimum absolute atomic E-state index is 0.617. The largest absolute Gasteiger partial charge is 0.310 e. The summed E-state index contributed by atoms with van der Waals surface area (Å²) < 4.78 is 4.67. The maximum absolute atomic E-state index is 5.32. The number of fused-ring (bicyclic) bond motifs is 9. The van der Waals surface area contributed by atoms with Crippen LogP contribution in [-0.4, -0.2) is 24.1 Å². The third kappa shape index (κ3) is 5.00. The average molecular weight is 742 g/mol. The molecule has 5 heteroatoms. The van der Waals surface area contributed by atoms with E-state index in [1.807, 2.05) is 24.4 Å². The molecule has 0 amide bonds. The van der Waals surface area contributed by atoms with Crippen LogP contribution < -0.4 is 0 Å². The minimum Gasteiger partial charge on any atom is -0.310 e. The van der Waals surface area contributed by atoms with Crippen molar-refractivity contribution >= 4 is 71.1 Å². The van der Waals surface area contributed by atoms with E-state index in [0.29, 0.717) is 5.95 Å². The maximum Gasteiger partial charge on any atom is 0.235 e. The van der Waals surface area contributed by atoms with Crippen molar-refractivity contribution in [3.8, 4) is 39.5 Å². The summed E-state index contributed by atoms with van der Waals surface area (Å²) in [5.74, 6) is 0.617. The van der Waals surface area contributed by atoms with E-state index in [2.05, 4.69) is 173 Å². The van der Waals surface area contributed by atoms with Gasteiger partial charge in [-0.3, -0.25) is 9.55 Å². The lowest BCUT2D eigenvalue weighted by Crippen LogP contribution is -2.04. The van der Waals surface area contributed by atoms with Crippen LogP contribution in [0.3, 0.4) is 0 Å². The fraction of sp³-hybridized carbons (Fsp3) is 0.0377. The van der Waals surface area contributed by atoms with Gasteiger partial charge in [0.2, 0.25) is 5.95 Å². The van der Waals surface area contributed by atoms with E-state index in [4.69, 9.17) is 15.0 Å². The van der Waals surface area contributed by atoms with Crippen LogP contribution in [0.15, 0.2) is 188 Å². The highest BCUT2D eigenvalue weighted by atomic mass is 15.2. The van der Waals surface area contributed by atoms with Crippen molar-refractivity contribution in [3.63, 3.8) is 0 Å². The molecule has 0 unspecified atom stereocenters. The van der Waals surface area contributed by atoms with Gasteiger partial charge in [0.05, 0.1) is 27.6 Å². The SMILES string of the molecule is C1=CC(n2c3ccccc3c3c4ccccc4c(-c4ccc5c(c4)c4ccccc4n5-c4nc(-c5ccc(-c6ccccc6)cc5)c5ncccc5n4)cc32)=CCC1. The van der Waals surface area contributed by atoms with Crippen LogP contribution in [0.4, 0.5) is 0 Å². The van der Waals surface area contributed by atoms with Crippen LogP contribution in [0, 0.1) is 0 Å². The Hall–Kier alpha value is -7.63. The van der Waals surface area contributed by atoms with Crippen molar-refractivity contribution in [2.24, 2.45) is 0 Å². The highest BCUT2D eigenvalue weighted by Gasteiger charge is 2.21. The van der Waals surface area contributed by atoms with Crippen LogP contribution >= 0.6 is 0 Å². The summed E-state index contributed by atoms with van der Waals surface area (Å²) in [7, 11) is 0. The molecule has 0 saturated carbocycles. The maximum atomic E-state index is 5.32. The number of hydrogen-bond acceptors (Lipinski definition) is 3. The second-order valence-electron chi connectivity index (χ2n) is 15.1. The first-order valence-corrected chi connectivity index (χ1v) is 19.9. The van der Waals surface area contributed by atoms with Crippen molar-refractivity contribution in [2.75, 3.05) is 0 Å². The molecule has 0 saturated heterocycles. The van der Waals surface area contributed by atoms with Gasteiger partial charge < -0.3 is 4.57 Å². The highest BCUT2D eigenvalue weighted by molar-refractivity contribution is 6.25. The molecule has 0 radical (unpaired) electrons. The molecule has 0 atom stereocenters. The molecule has 1 aliphatic carbocycles. The van der Waals surface area contributed by atoms with Gasteiger partial charge in [-0.2, -0.15) is 0 Å². The summed E-state index contributed by atoms with van der Waals surface area (Å²) in [4.78, 5) is 15.3. The number of allylic oxidation sites excluding steroid dienone is 4. The molecule has 0 aliphatic heterocycles. The van der Waals surface area contributed by atoms with Crippen molar-refractivity contribution in [1.29, 1.82) is 0 Å². The molecule has 0 spiro atoms. The molecule has 11 aromatic rings. The van der Waals surface area contributed by atoms with Crippen molar-refractivity contribution in [3.05, 3.63) is 188 Å². The Morgan fingerprint density at radius 2 is 1.12 bits per heavy atom. The molecule has 4 aromatic heterocycles. The zero-order valence-electron chi connectivity index (χ0n) is 31.5. The number of hydrogen-bond donors (Lipinski definition) is 0. The molecule has 4 heterocycles. The Morgan fingerprint density at radius 1 is 0.448 bits per heavy atom. The zero-order valence-corrected chi connectivity index (χ0v) is 31.5. The normalized spacial score (nSPS) is 13.1. The number of benzene rings is 7. The first kappa shape index (κ1) is 32.6. The minimum atomic E-state index is 0.617. The second kappa shape index (κ2) is 13.0. The summed E-state index contributed by atoms with van der Waals surface area (Å²) in [5.41, 5.74) is 13.9. The van der Waals surface area contributed by atoms with Crippen LogP contribution in [0.2, 0.25) is 0 Å². The van der Waals surface area contributed by atoms with E-state index in [1.54, 1.807) is 0 Å². The predicted octanol–water partition coefficient (Wildman–Crippen LogP) is 13.6. The summed E-state index contributed by atoms with van der Waals surface area (Å²) in [6, 6.07) is 58.6. The molecular formula is C53H35N5. The van der Waals surface area contributed by atoms with Gasteiger partial charge in [-0.05, 0) is 94.4 Å². The topological polar surface area (TPSA) is 48.5 Å². The fourth-order valence-electron chi connectivity index (χ4n) is 9.18. The van der Waals surface area contributed by atoms with E-state index in [-0.39, 0.29) is 0 Å². The number of rotatable bonds is 5. The lowest BCUT2D eigenvalue weighted by Gasteiger charge is -2.14. The summed E-state index contributed by atoms with van der Waals surface area (Å²) >= 11 is 0. The number of nitrogens with zero attached hydrogens (tertiary/aromatic N) is 5. The summed E-state index contributed by atoms with van der Waals surface area (Å²) in [6.45, 7) is 0. The first-order chi connectivity index (χ1) is 28.8. The lowest BCUT2D eigenvalue weighted by molar-refractivity contribution is 1.01. The second-order valence-corrected chi connectivity index (χ2v) is 15.1. The predicted molar refractivity (Wildman–Crippen MR) is 241 cm³/mol. The monoisotopic (exact) mass is 741 g/mol. The Bertz CT molecular complexity index is 3500. The lowest BCUT2D eigenvalue weighted by atomic mass is 9.94. The van der Waals surface area contributed by atoms with E-state index in [9.17, 15) is 0 Å². The Labute approximate surface area is 334 Å². The molecule has 0 N–H and O–H groups in total. The van der Waals surface area contributed by atoms with Gasteiger partial charge in [0.25, 0.3) is 0 Å². The number of para-hydroxylation sites is 2. The van der Waals surface area contributed by atoms with Crippen LogP contribution in [0.1, 0.15) is 12.8 Å². The molecule has 5 nitrogen and oxygen atoms in total. The molecule has 0 bridgehead atoms. The average Bonchev–Trinajstić information content (AvgIpc) is 3.82. The van der Waals surface area contributed by atoms with Gasteiger partial charge in [0, 0.05) is 39.0 Å². The third-order valence-corrected chi connectivity index (χ3v) is 11.8. The molecule has 12 rings (SSSR count). The first-order valence-electron chi connectivity index (χ1n) is 19.9. The third-order valence-electron chi connectivity index (χ3n) is 11.8. The van der Waals surface area contributed by atoms with Crippen LogP contribution in [-0.2, 0) is 0 Å². The van der Waals surface area contributed by atoms with Gasteiger partial charge >= 0.3 is 0 Å². The molecule has 0 fully saturated rings. The number of aromatic nitrogens is 5. The molecule has 1 aliphatic rings. The van der Waals surface area contributed by atoms with Crippen molar-refractivity contribution in [1.82, 2.24) is 24.1 Å². The Morgan fingerprint density at radius 3 is 1.93 bits per heavy atom. The molecule has 272 valence electrons. The zero-order chi connectivity index (χ0) is 38.2. The molecule has 58 heavy (non-hydrogen) atoms. The number of pyridine rings is 1. The summed E-state index contributed by atoms with van der Waals surface area (Å²) in [6.07, 6.45) is 10.9. The molecule has 7 aromatic carbocycles. The standard InChI is InChI=1S/C53H35N5/c1-3-14-34(15-4-1)35-25-27-36(28-26-35)51-52-45(22-13-31-54-52)55-53(56-51)58-46-23-11-9-19-40(46)44-32-37(29-30-48(44)58)43-33-49-50(41-20-8-7-18-39(41)43)42-21-10-12-24-47(42)57(49)38-16-5-2-6-17-38/h1,3-5,7-33H,2,6H2. The van der Waals surface area contributed by atoms with Crippen molar-refractivity contribution in [2.45, 2.75) is 12.8 Å². The van der Waals surface area contributed by atoms with Crippen LogP contribution in [0.5, 0.6) is 0 Å². The smallest absolute Gasteiger partial charge is 0.235 e. The van der Waals surface area contributed by atoms with Crippen LogP contribution in [0.25, 0.3) is 111 Å². The Kier molecular flexibility index (Phi) is 7.29. The van der Waals surface area contributed by atoms with Gasteiger partial charge in [0.1, 0.15) is 11.2 Å². The fourth-order valence-corrected chi connectivity index (χ4v) is 9.18. The van der Waals surface area contributed by atoms with E-state index in [1.165, 1.54) is 55.0 Å². The van der Waals surface area contributed by atoms with E-state index < -0.39 is 0 Å². The van der Waals surface area contributed by atoms with Gasteiger partial charge in [-0.25, -0.2) is 9.97 Å². The summed E-state index contributed by atoms with van der Waals surface area (Å²) in [5, 5.41) is 7.37. The van der Waals surface area contributed by atoms with Gasteiger partial charge in [-0.1, -0.05) is 133 Å².